The number of rotatable bonds is 7. The van der Waals surface area contributed by atoms with Crippen molar-refractivity contribution in [3.05, 3.63) is 89.7 Å². The van der Waals surface area contributed by atoms with Crippen LogP contribution < -0.4 is 10.1 Å². The fourth-order valence-electron chi connectivity index (χ4n) is 3.82. The van der Waals surface area contributed by atoms with Gasteiger partial charge in [-0.3, -0.25) is 4.90 Å². The van der Waals surface area contributed by atoms with E-state index in [-0.39, 0.29) is 5.82 Å². The lowest BCUT2D eigenvalue weighted by Gasteiger charge is -2.14. The van der Waals surface area contributed by atoms with Crippen LogP contribution in [-0.2, 0) is 13.0 Å². The average Bonchev–Trinajstić information content (AvgIpc) is 3.29. The summed E-state index contributed by atoms with van der Waals surface area (Å²) in [6.07, 6.45) is 2.89. The van der Waals surface area contributed by atoms with Crippen molar-refractivity contribution in [3.63, 3.8) is 0 Å². The molecule has 1 aliphatic heterocycles. The molecule has 1 fully saturated rings. The first-order valence-electron chi connectivity index (χ1n) is 10.8. The summed E-state index contributed by atoms with van der Waals surface area (Å²) < 4.78 is 18.4. The van der Waals surface area contributed by atoms with E-state index in [9.17, 15) is 9.18 Å². The van der Waals surface area contributed by atoms with Gasteiger partial charge < -0.3 is 10.1 Å². The number of amides is 1. The number of nitrogens with zero attached hydrogens (tertiary/aromatic N) is 1. The van der Waals surface area contributed by atoms with E-state index < -0.39 is 6.09 Å². The fourth-order valence-corrected chi connectivity index (χ4v) is 3.82. The molecule has 1 heterocycles. The molecule has 1 saturated heterocycles. The average molecular weight is 419 g/mol. The Morgan fingerprint density at radius 2 is 1.42 bits per heavy atom. The molecule has 160 valence electrons. The highest BCUT2D eigenvalue weighted by atomic mass is 19.1. The van der Waals surface area contributed by atoms with Gasteiger partial charge in [0.15, 0.2) is 0 Å². The van der Waals surface area contributed by atoms with E-state index >= 15 is 0 Å². The van der Waals surface area contributed by atoms with Crippen molar-refractivity contribution in [1.29, 1.82) is 0 Å². The van der Waals surface area contributed by atoms with Crippen LogP contribution in [0.3, 0.4) is 0 Å². The highest BCUT2D eigenvalue weighted by Gasteiger charge is 2.11. The Morgan fingerprint density at radius 3 is 2.06 bits per heavy atom. The van der Waals surface area contributed by atoms with Crippen LogP contribution in [0.15, 0.2) is 72.8 Å². The third-order valence-corrected chi connectivity index (χ3v) is 5.55. The number of hydrogen-bond donors (Lipinski definition) is 1. The van der Waals surface area contributed by atoms with Gasteiger partial charge in [-0.25, -0.2) is 9.18 Å². The van der Waals surface area contributed by atoms with Gasteiger partial charge in [0.25, 0.3) is 0 Å². The molecular weight excluding hydrogens is 391 g/mol. The van der Waals surface area contributed by atoms with Gasteiger partial charge in [0.05, 0.1) is 0 Å². The Bertz CT molecular complexity index is 979. The zero-order valence-corrected chi connectivity index (χ0v) is 17.5. The topological polar surface area (TPSA) is 41.6 Å². The van der Waals surface area contributed by atoms with Crippen molar-refractivity contribution in [2.24, 2.45) is 0 Å². The van der Waals surface area contributed by atoms with Crippen LogP contribution in [0.4, 0.5) is 9.18 Å². The van der Waals surface area contributed by atoms with Crippen molar-refractivity contribution in [3.8, 4) is 16.9 Å². The molecule has 5 heteroatoms. The van der Waals surface area contributed by atoms with Gasteiger partial charge in [-0.1, -0.05) is 48.5 Å². The van der Waals surface area contributed by atoms with Crippen molar-refractivity contribution in [1.82, 2.24) is 10.2 Å². The lowest BCUT2D eigenvalue weighted by molar-refractivity contribution is 0.200. The van der Waals surface area contributed by atoms with Crippen molar-refractivity contribution in [2.45, 2.75) is 25.8 Å². The molecule has 1 aliphatic rings. The Morgan fingerprint density at radius 1 is 0.839 bits per heavy atom. The number of likely N-dealkylation sites (tertiary alicyclic amines) is 1. The number of halogens is 1. The van der Waals surface area contributed by atoms with E-state index in [1.807, 2.05) is 12.1 Å². The van der Waals surface area contributed by atoms with Crippen molar-refractivity contribution >= 4 is 6.09 Å². The molecule has 1 N–H and O–H groups in total. The third-order valence-electron chi connectivity index (χ3n) is 5.55. The lowest BCUT2D eigenvalue weighted by atomic mass is 10.1. The second-order valence-corrected chi connectivity index (χ2v) is 7.90. The largest absolute Gasteiger partial charge is 0.412 e. The Balaban J connectivity index is 1.20. The molecule has 0 radical (unpaired) electrons. The Hall–Kier alpha value is -3.18. The van der Waals surface area contributed by atoms with Crippen LogP contribution in [0.2, 0.25) is 0 Å². The molecular formula is C26H27FN2O2. The molecule has 4 nitrogen and oxygen atoms in total. The minimum atomic E-state index is -0.472. The predicted octanol–water partition coefficient (Wildman–Crippen LogP) is 5.42. The summed E-state index contributed by atoms with van der Waals surface area (Å²) in [5.74, 6) is 0.202. The van der Waals surface area contributed by atoms with E-state index in [1.165, 1.54) is 49.2 Å². The SMILES string of the molecule is O=C(NCCc1ccc(CN2CCCC2)cc1)Oc1ccc(-c2ccc(F)cc2)cc1. The van der Waals surface area contributed by atoms with Gasteiger partial charge in [-0.2, -0.15) is 0 Å². The summed E-state index contributed by atoms with van der Waals surface area (Å²) in [5, 5.41) is 2.79. The van der Waals surface area contributed by atoms with Gasteiger partial charge in [-0.05, 0) is 78.9 Å². The third kappa shape index (κ3) is 6.15. The van der Waals surface area contributed by atoms with Crippen LogP contribution in [-0.4, -0.2) is 30.6 Å². The first-order chi connectivity index (χ1) is 15.2. The monoisotopic (exact) mass is 418 g/mol. The van der Waals surface area contributed by atoms with Crippen molar-refractivity contribution in [2.75, 3.05) is 19.6 Å². The summed E-state index contributed by atoms with van der Waals surface area (Å²) in [4.78, 5) is 14.5. The van der Waals surface area contributed by atoms with E-state index in [4.69, 9.17) is 4.74 Å². The second-order valence-electron chi connectivity index (χ2n) is 7.90. The van der Waals surface area contributed by atoms with Crippen LogP contribution in [0.25, 0.3) is 11.1 Å². The molecule has 0 saturated carbocycles. The van der Waals surface area contributed by atoms with Crippen LogP contribution >= 0.6 is 0 Å². The standard InChI is InChI=1S/C26H27FN2O2/c27-24-11-7-22(8-12-24)23-9-13-25(14-10-23)31-26(30)28-16-15-20-3-5-21(6-4-20)19-29-17-1-2-18-29/h3-14H,1-2,15-19H2,(H,28,30). The number of ether oxygens (including phenoxy) is 1. The molecule has 4 rings (SSSR count). The van der Waals surface area contributed by atoms with Gasteiger partial charge >= 0.3 is 6.09 Å². The molecule has 0 atom stereocenters. The molecule has 3 aromatic rings. The maximum Gasteiger partial charge on any atom is 0.412 e. The van der Waals surface area contributed by atoms with Crippen LogP contribution in [0.1, 0.15) is 24.0 Å². The molecule has 0 spiro atoms. The number of hydrogen-bond acceptors (Lipinski definition) is 3. The smallest absolute Gasteiger partial charge is 0.410 e. The molecule has 0 aliphatic carbocycles. The fraction of sp³-hybridized carbons (Fsp3) is 0.269. The summed E-state index contributed by atoms with van der Waals surface area (Å²) in [5.41, 5.74) is 4.36. The second kappa shape index (κ2) is 10.2. The molecule has 31 heavy (non-hydrogen) atoms. The van der Waals surface area contributed by atoms with Gasteiger partial charge in [0.2, 0.25) is 0 Å². The summed E-state index contributed by atoms with van der Waals surface area (Å²) in [6.45, 7) is 3.92. The van der Waals surface area contributed by atoms with E-state index in [0.717, 1.165) is 24.1 Å². The molecule has 0 unspecified atom stereocenters. The maximum atomic E-state index is 13.0. The summed E-state index contributed by atoms with van der Waals surface area (Å²) >= 11 is 0. The number of nitrogens with one attached hydrogen (secondary N) is 1. The minimum Gasteiger partial charge on any atom is -0.410 e. The number of benzene rings is 3. The Kier molecular flexibility index (Phi) is 6.95. The van der Waals surface area contributed by atoms with E-state index in [0.29, 0.717) is 12.3 Å². The number of carbonyl (C=O) groups is 1. The molecule has 0 aromatic heterocycles. The van der Waals surface area contributed by atoms with Crippen LogP contribution in [0, 0.1) is 5.82 Å². The van der Waals surface area contributed by atoms with Gasteiger partial charge in [0.1, 0.15) is 11.6 Å². The van der Waals surface area contributed by atoms with Crippen molar-refractivity contribution < 1.29 is 13.9 Å². The lowest BCUT2D eigenvalue weighted by Crippen LogP contribution is -2.28. The summed E-state index contributed by atoms with van der Waals surface area (Å²) in [6, 6.07) is 22.1. The minimum absolute atomic E-state index is 0.265. The first kappa shape index (κ1) is 21.1. The van der Waals surface area contributed by atoms with Gasteiger partial charge in [-0.15, -0.1) is 0 Å². The molecule has 1 amide bonds. The normalized spacial score (nSPS) is 13.8. The number of carbonyl (C=O) groups excluding carboxylic acids is 1. The quantitative estimate of drug-likeness (QED) is 0.557. The first-order valence-corrected chi connectivity index (χ1v) is 10.8. The zero-order chi connectivity index (χ0) is 21.5. The molecule has 3 aromatic carbocycles. The highest BCUT2D eigenvalue weighted by molar-refractivity contribution is 5.71. The van der Waals surface area contributed by atoms with E-state index in [1.54, 1.807) is 24.3 Å². The zero-order valence-electron chi connectivity index (χ0n) is 17.5. The van der Waals surface area contributed by atoms with Crippen LogP contribution in [0.5, 0.6) is 5.75 Å². The Labute approximate surface area is 182 Å². The maximum absolute atomic E-state index is 13.0. The van der Waals surface area contributed by atoms with E-state index in [2.05, 4.69) is 34.5 Å². The highest BCUT2D eigenvalue weighted by Crippen LogP contribution is 2.22. The van der Waals surface area contributed by atoms with Gasteiger partial charge in [0, 0.05) is 13.1 Å². The summed E-state index contributed by atoms with van der Waals surface area (Å²) in [7, 11) is 0. The predicted molar refractivity (Wildman–Crippen MR) is 121 cm³/mol. The molecule has 0 bridgehead atoms.